The number of ether oxygens (including phenoxy) is 1. The molecule has 0 bridgehead atoms. The van der Waals surface area contributed by atoms with E-state index in [0.29, 0.717) is 18.8 Å². The Balaban J connectivity index is 2.43. The van der Waals surface area contributed by atoms with Gasteiger partial charge in [0.1, 0.15) is 5.69 Å². The Morgan fingerprint density at radius 2 is 2.47 bits per heavy atom. The van der Waals surface area contributed by atoms with Crippen molar-refractivity contribution in [1.29, 1.82) is 0 Å². The topological polar surface area (TPSA) is 74.3 Å². The van der Waals surface area contributed by atoms with Gasteiger partial charge in [-0.2, -0.15) is 0 Å². The molecular formula is C10H16N2O3. The number of nitrogens with one attached hydrogen (secondary N) is 2. The van der Waals surface area contributed by atoms with Gasteiger partial charge in [0.05, 0.1) is 13.2 Å². The van der Waals surface area contributed by atoms with E-state index in [9.17, 15) is 4.79 Å². The van der Waals surface area contributed by atoms with Crippen molar-refractivity contribution in [3.05, 3.63) is 23.5 Å². The summed E-state index contributed by atoms with van der Waals surface area (Å²) in [5, 5.41) is 12.1. The van der Waals surface area contributed by atoms with Crippen LogP contribution < -0.4 is 5.32 Å². The van der Waals surface area contributed by atoms with Crippen molar-refractivity contribution < 1.29 is 14.6 Å². The third-order valence-electron chi connectivity index (χ3n) is 1.92. The van der Waals surface area contributed by atoms with Gasteiger partial charge in [0, 0.05) is 19.3 Å². The van der Waals surface area contributed by atoms with E-state index in [-0.39, 0.29) is 12.1 Å². The first kappa shape index (κ1) is 11.7. The van der Waals surface area contributed by atoms with E-state index >= 15 is 0 Å². The van der Waals surface area contributed by atoms with Crippen LogP contribution in [0.1, 0.15) is 23.0 Å². The van der Waals surface area contributed by atoms with Gasteiger partial charge in [0.25, 0.3) is 0 Å². The van der Waals surface area contributed by atoms with Crippen molar-refractivity contribution >= 4 is 5.97 Å². The summed E-state index contributed by atoms with van der Waals surface area (Å²) in [4.78, 5) is 13.9. The number of rotatable bonds is 5. The molecule has 0 aliphatic carbocycles. The van der Waals surface area contributed by atoms with E-state index in [1.165, 1.54) is 7.11 Å². The first-order valence-electron chi connectivity index (χ1n) is 4.78. The minimum Gasteiger partial charge on any atom is -0.464 e. The number of H-pyrrole nitrogens is 1. The number of carbonyl (C=O) groups is 1. The van der Waals surface area contributed by atoms with Crippen LogP contribution >= 0.6 is 0 Å². The lowest BCUT2D eigenvalue weighted by atomic mass is 10.3. The molecule has 5 heteroatoms. The molecule has 5 nitrogen and oxygen atoms in total. The first-order valence-corrected chi connectivity index (χ1v) is 4.78. The molecule has 1 aromatic heterocycles. The van der Waals surface area contributed by atoms with E-state index in [1.54, 1.807) is 19.2 Å². The van der Waals surface area contributed by atoms with Crippen LogP contribution in [-0.4, -0.2) is 35.8 Å². The molecule has 0 fully saturated rings. The van der Waals surface area contributed by atoms with Crippen LogP contribution in [0.5, 0.6) is 0 Å². The lowest BCUT2D eigenvalue weighted by molar-refractivity contribution is 0.0595. The third-order valence-corrected chi connectivity index (χ3v) is 1.92. The molecule has 0 spiro atoms. The van der Waals surface area contributed by atoms with Crippen molar-refractivity contribution in [2.45, 2.75) is 19.6 Å². The Morgan fingerprint density at radius 1 is 1.73 bits per heavy atom. The molecule has 0 aliphatic rings. The highest BCUT2D eigenvalue weighted by Crippen LogP contribution is 2.04. The number of methoxy groups -OCH3 is 1. The van der Waals surface area contributed by atoms with Gasteiger partial charge in [-0.15, -0.1) is 0 Å². The zero-order chi connectivity index (χ0) is 11.3. The van der Waals surface area contributed by atoms with E-state index in [1.807, 2.05) is 0 Å². The molecule has 0 aliphatic heterocycles. The van der Waals surface area contributed by atoms with Crippen molar-refractivity contribution in [3.63, 3.8) is 0 Å². The van der Waals surface area contributed by atoms with Gasteiger partial charge in [-0.05, 0) is 18.6 Å². The summed E-state index contributed by atoms with van der Waals surface area (Å²) < 4.78 is 4.56. The van der Waals surface area contributed by atoms with Gasteiger partial charge in [0.2, 0.25) is 0 Å². The van der Waals surface area contributed by atoms with Gasteiger partial charge >= 0.3 is 5.97 Å². The molecule has 0 aromatic carbocycles. The summed E-state index contributed by atoms with van der Waals surface area (Å²) >= 11 is 0. The first-order chi connectivity index (χ1) is 7.13. The number of aromatic amines is 1. The Hall–Kier alpha value is -1.33. The quantitative estimate of drug-likeness (QED) is 0.612. The highest BCUT2D eigenvalue weighted by Gasteiger charge is 2.07. The highest BCUT2D eigenvalue weighted by molar-refractivity contribution is 5.87. The van der Waals surface area contributed by atoms with Crippen LogP contribution in [0.2, 0.25) is 0 Å². The molecule has 1 rings (SSSR count). The second-order valence-electron chi connectivity index (χ2n) is 3.39. The van der Waals surface area contributed by atoms with Gasteiger partial charge < -0.3 is 20.1 Å². The number of esters is 1. The molecule has 0 unspecified atom stereocenters. The number of aromatic nitrogens is 1. The van der Waals surface area contributed by atoms with Gasteiger partial charge in [-0.25, -0.2) is 4.79 Å². The van der Waals surface area contributed by atoms with Crippen LogP contribution in [-0.2, 0) is 11.3 Å². The highest BCUT2D eigenvalue weighted by atomic mass is 16.5. The number of aliphatic hydroxyl groups is 1. The number of carbonyl (C=O) groups excluding carboxylic acids is 1. The molecule has 84 valence electrons. The van der Waals surface area contributed by atoms with Crippen molar-refractivity contribution in [2.75, 3.05) is 13.7 Å². The number of hydrogen-bond donors (Lipinski definition) is 3. The molecule has 0 radical (unpaired) electrons. The molecule has 0 amide bonds. The van der Waals surface area contributed by atoms with Crippen LogP contribution in [0, 0.1) is 0 Å². The van der Waals surface area contributed by atoms with E-state index < -0.39 is 0 Å². The third kappa shape index (κ3) is 3.73. The van der Waals surface area contributed by atoms with E-state index in [0.717, 1.165) is 5.56 Å². The Kier molecular flexibility index (Phi) is 4.33. The fourth-order valence-electron chi connectivity index (χ4n) is 1.19. The summed E-state index contributed by atoms with van der Waals surface area (Å²) in [6, 6.07) is 1.72. The summed E-state index contributed by atoms with van der Waals surface area (Å²) in [7, 11) is 1.34. The predicted molar refractivity (Wildman–Crippen MR) is 55.5 cm³/mol. The smallest absolute Gasteiger partial charge is 0.354 e. The van der Waals surface area contributed by atoms with Crippen LogP contribution in [0.15, 0.2) is 12.3 Å². The average molecular weight is 212 g/mol. The average Bonchev–Trinajstić information content (AvgIpc) is 2.65. The summed E-state index contributed by atoms with van der Waals surface area (Å²) in [5.74, 6) is -0.378. The Bertz CT molecular complexity index is 320. The minimum atomic E-state index is -0.378. The van der Waals surface area contributed by atoms with Crippen molar-refractivity contribution in [2.24, 2.45) is 0 Å². The fraction of sp³-hybridized carbons (Fsp3) is 0.500. The number of hydrogen-bond acceptors (Lipinski definition) is 4. The molecule has 0 saturated carbocycles. The second-order valence-corrected chi connectivity index (χ2v) is 3.39. The summed E-state index contributed by atoms with van der Waals surface area (Å²) in [6.07, 6.45) is 1.37. The zero-order valence-electron chi connectivity index (χ0n) is 8.91. The molecule has 3 N–H and O–H groups in total. The normalized spacial score (nSPS) is 12.5. The monoisotopic (exact) mass is 212 g/mol. The van der Waals surface area contributed by atoms with Gasteiger partial charge in [0.15, 0.2) is 0 Å². The van der Waals surface area contributed by atoms with Crippen molar-refractivity contribution in [3.8, 4) is 0 Å². The maximum atomic E-state index is 11.1. The molecular weight excluding hydrogens is 196 g/mol. The van der Waals surface area contributed by atoms with E-state index in [4.69, 9.17) is 5.11 Å². The SMILES string of the molecule is COC(=O)c1cc(CNC[C@H](C)O)c[nH]1. The summed E-state index contributed by atoms with van der Waals surface area (Å²) in [5.41, 5.74) is 1.39. The van der Waals surface area contributed by atoms with Gasteiger partial charge in [-0.1, -0.05) is 0 Å². The van der Waals surface area contributed by atoms with Crippen LogP contribution in [0.25, 0.3) is 0 Å². The molecule has 1 aromatic rings. The minimum absolute atomic E-state index is 0.371. The number of aliphatic hydroxyl groups excluding tert-OH is 1. The molecule has 15 heavy (non-hydrogen) atoms. The van der Waals surface area contributed by atoms with Crippen molar-refractivity contribution in [1.82, 2.24) is 10.3 Å². The predicted octanol–water partition coefficient (Wildman–Crippen LogP) is 0.272. The standard InChI is InChI=1S/C10H16N2O3/c1-7(13)4-11-5-8-3-9(12-6-8)10(14)15-2/h3,6-7,11-13H,4-5H2,1-2H3/t7-/m0/s1. The molecule has 0 saturated heterocycles. The van der Waals surface area contributed by atoms with Gasteiger partial charge in [-0.3, -0.25) is 0 Å². The maximum Gasteiger partial charge on any atom is 0.354 e. The Morgan fingerprint density at radius 3 is 3.07 bits per heavy atom. The second kappa shape index (κ2) is 5.53. The molecule has 1 heterocycles. The Labute approximate surface area is 88.4 Å². The fourth-order valence-corrected chi connectivity index (χ4v) is 1.19. The lowest BCUT2D eigenvalue weighted by Crippen LogP contribution is -2.23. The lowest BCUT2D eigenvalue weighted by Gasteiger charge is -2.04. The van der Waals surface area contributed by atoms with Crippen LogP contribution in [0.3, 0.4) is 0 Å². The molecule has 1 atom stereocenters. The van der Waals surface area contributed by atoms with E-state index in [2.05, 4.69) is 15.0 Å². The summed E-state index contributed by atoms with van der Waals surface area (Å²) in [6.45, 7) is 2.85. The van der Waals surface area contributed by atoms with Crippen LogP contribution in [0.4, 0.5) is 0 Å². The largest absolute Gasteiger partial charge is 0.464 e. The zero-order valence-corrected chi connectivity index (χ0v) is 8.91. The maximum absolute atomic E-state index is 11.1.